The quantitative estimate of drug-likeness (QED) is 0.0928. The van der Waals surface area contributed by atoms with Crippen molar-refractivity contribution in [3.63, 3.8) is 0 Å². The first-order valence-corrected chi connectivity index (χ1v) is 18.1. The first kappa shape index (κ1) is 38.4. The molecule has 0 amide bonds. The van der Waals surface area contributed by atoms with E-state index in [4.69, 9.17) is 9.47 Å². The molecule has 1 aliphatic rings. The van der Waals surface area contributed by atoms with E-state index in [0.717, 1.165) is 7.11 Å². The number of ketones is 3. The van der Waals surface area contributed by atoms with Gasteiger partial charge in [0.05, 0.1) is 5.41 Å². The van der Waals surface area contributed by atoms with E-state index < -0.39 is 58.1 Å². The van der Waals surface area contributed by atoms with Crippen LogP contribution in [0.4, 0.5) is 0 Å². The topological polar surface area (TPSA) is 151 Å². The van der Waals surface area contributed by atoms with E-state index in [-0.39, 0.29) is 16.7 Å². The molecule has 1 saturated heterocycles. The third kappa shape index (κ3) is 5.76. The Labute approximate surface area is 324 Å². The summed E-state index contributed by atoms with van der Waals surface area (Å²) in [6, 6.07) is 48.3. The summed E-state index contributed by atoms with van der Waals surface area (Å²) < 4.78 is 12.1. The van der Waals surface area contributed by atoms with Gasteiger partial charge in [-0.3, -0.25) is 14.4 Å². The Kier molecular flexibility index (Phi) is 10.5. The molecule has 0 aromatic heterocycles. The number of methoxy groups -OCH3 is 1. The predicted molar refractivity (Wildman–Crippen MR) is 208 cm³/mol. The number of Topliss-reactive ketones (excluding diaryl/α,β-unsaturated/α-hetero) is 3. The highest BCUT2D eigenvalue weighted by molar-refractivity contribution is 6.18. The maximum atomic E-state index is 15.3. The maximum Gasteiger partial charge on any atom is 0.218 e. The van der Waals surface area contributed by atoms with Gasteiger partial charge in [-0.15, -0.1) is 0 Å². The van der Waals surface area contributed by atoms with Crippen molar-refractivity contribution in [2.45, 2.75) is 40.7 Å². The van der Waals surface area contributed by atoms with Gasteiger partial charge in [-0.05, 0) is 16.7 Å². The molecule has 0 spiro atoms. The van der Waals surface area contributed by atoms with Crippen LogP contribution in [0.5, 0.6) is 0 Å². The summed E-state index contributed by atoms with van der Waals surface area (Å²) in [4.78, 5) is 45.4. The van der Waals surface area contributed by atoms with Crippen molar-refractivity contribution < 1.29 is 44.3 Å². The van der Waals surface area contributed by atoms with E-state index in [1.165, 1.54) is 72.8 Å². The molecule has 7 rings (SSSR count). The van der Waals surface area contributed by atoms with Crippen molar-refractivity contribution in [2.24, 2.45) is 0 Å². The van der Waals surface area contributed by atoms with E-state index in [9.17, 15) is 25.2 Å². The maximum absolute atomic E-state index is 15.3. The molecule has 9 heteroatoms. The monoisotopic (exact) mass is 748 g/mol. The molecule has 6 aromatic rings. The largest absolute Gasteiger partial charge is 0.389 e. The Bertz CT molecular complexity index is 2190. The third-order valence-electron chi connectivity index (χ3n) is 10.9. The minimum absolute atomic E-state index is 0.194. The van der Waals surface area contributed by atoms with Gasteiger partial charge in [0.2, 0.25) is 28.6 Å². The van der Waals surface area contributed by atoms with Gasteiger partial charge in [0, 0.05) is 23.8 Å². The van der Waals surface area contributed by atoms with Gasteiger partial charge >= 0.3 is 0 Å². The summed E-state index contributed by atoms with van der Waals surface area (Å²) in [6.07, 6.45) is -6.63. The Hall–Kier alpha value is -5.91. The lowest BCUT2D eigenvalue weighted by Gasteiger charge is -2.60. The van der Waals surface area contributed by atoms with E-state index >= 15 is 9.59 Å². The molecule has 1 unspecified atom stereocenters. The highest BCUT2D eigenvalue weighted by Gasteiger charge is 2.82. The Morgan fingerprint density at radius 3 is 1.16 bits per heavy atom. The highest BCUT2D eigenvalue weighted by atomic mass is 16.7. The average molecular weight is 749 g/mol. The molecular weight excluding hydrogens is 709 g/mol. The summed E-state index contributed by atoms with van der Waals surface area (Å²) in [5.41, 5.74) is -11.9. The van der Waals surface area contributed by atoms with Gasteiger partial charge in [0.1, 0.15) is 12.2 Å². The lowest BCUT2D eigenvalue weighted by molar-refractivity contribution is -0.363. The van der Waals surface area contributed by atoms with Crippen LogP contribution in [-0.4, -0.2) is 80.2 Å². The minimum atomic E-state index is -3.80. The zero-order chi connectivity index (χ0) is 39.6. The zero-order valence-corrected chi connectivity index (χ0v) is 30.4. The number of aliphatic hydroxyl groups is 4. The Morgan fingerprint density at radius 1 is 0.518 bits per heavy atom. The van der Waals surface area contributed by atoms with Crippen molar-refractivity contribution >= 4 is 17.3 Å². The summed E-state index contributed by atoms with van der Waals surface area (Å²) in [5.74, 6) is -4.00. The first-order chi connectivity index (χ1) is 27.1. The third-order valence-corrected chi connectivity index (χ3v) is 10.9. The molecule has 1 heterocycles. The average Bonchev–Trinajstić information content (AvgIpc) is 3.27. The molecule has 0 bridgehead atoms. The number of benzene rings is 6. The highest BCUT2D eigenvalue weighted by Crippen LogP contribution is 2.54. The van der Waals surface area contributed by atoms with Gasteiger partial charge in [0.15, 0.2) is 11.9 Å². The van der Waals surface area contributed by atoms with Gasteiger partial charge in [-0.1, -0.05) is 182 Å². The second kappa shape index (κ2) is 15.3. The molecule has 9 nitrogen and oxygen atoms in total. The standard InChI is InChI=1S/C47H40O9/c1-55-43-46(53,39(49)33-22-10-3-11-23-33)47(54,40(50)34-24-12-4-13-25-34)45(52,38(48)32-20-8-2-9-21-32)42(56-43)41(51)44(35-26-14-5-15-27-35,36-28-16-6-17-29-36)37-30-18-7-19-31-37/h2-31,41-43,51-54H,1H3/t41?,42-,43+,45-,46+,47+/m1/s1. The van der Waals surface area contributed by atoms with Gasteiger partial charge in [-0.2, -0.15) is 0 Å². The van der Waals surface area contributed by atoms with Crippen LogP contribution in [0.3, 0.4) is 0 Å². The number of carbonyl (C=O) groups excluding carboxylic acids is 3. The molecule has 0 aliphatic carbocycles. The van der Waals surface area contributed by atoms with E-state index in [1.807, 2.05) is 0 Å². The number of hydrogen-bond donors (Lipinski definition) is 4. The van der Waals surface area contributed by atoms with Crippen LogP contribution in [0.1, 0.15) is 47.8 Å². The Balaban J connectivity index is 1.61. The molecule has 6 aromatic carbocycles. The van der Waals surface area contributed by atoms with Crippen LogP contribution in [0.15, 0.2) is 182 Å². The summed E-state index contributed by atoms with van der Waals surface area (Å²) >= 11 is 0. The van der Waals surface area contributed by atoms with Crippen molar-refractivity contribution in [1.82, 2.24) is 0 Å². The van der Waals surface area contributed by atoms with Crippen molar-refractivity contribution in [3.05, 3.63) is 215 Å². The van der Waals surface area contributed by atoms with Crippen LogP contribution in [0.2, 0.25) is 0 Å². The SMILES string of the molecule is CO[C@H]1O[C@H](C(O)C(c2ccccc2)(c2ccccc2)c2ccccc2)[C@](O)(C(=O)c2ccccc2)[C@@](O)(C(=O)c2ccccc2)[C@]1(O)C(=O)c1ccccc1. The van der Waals surface area contributed by atoms with E-state index in [2.05, 4.69) is 0 Å². The lowest BCUT2D eigenvalue weighted by Crippen LogP contribution is -2.88. The molecular formula is C47H40O9. The number of ether oxygens (including phenoxy) is 2. The van der Waals surface area contributed by atoms with Gasteiger partial charge in [-0.25, -0.2) is 0 Å². The first-order valence-electron chi connectivity index (χ1n) is 18.1. The Morgan fingerprint density at radius 2 is 0.821 bits per heavy atom. The van der Waals surface area contributed by atoms with Crippen LogP contribution >= 0.6 is 0 Å². The fourth-order valence-corrected chi connectivity index (χ4v) is 8.20. The van der Waals surface area contributed by atoms with Crippen molar-refractivity contribution in [3.8, 4) is 0 Å². The molecule has 4 N–H and O–H groups in total. The molecule has 1 fully saturated rings. The van der Waals surface area contributed by atoms with Crippen molar-refractivity contribution in [1.29, 1.82) is 0 Å². The second-order valence-corrected chi connectivity index (χ2v) is 13.8. The van der Waals surface area contributed by atoms with Crippen LogP contribution in [0, 0.1) is 0 Å². The smallest absolute Gasteiger partial charge is 0.218 e. The summed E-state index contributed by atoms with van der Waals surface area (Å²) in [6.45, 7) is 0. The lowest BCUT2D eigenvalue weighted by atomic mass is 9.54. The second-order valence-electron chi connectivity index (χ2n) is 13.8. The molecule has 282 valence electrons. The van der Waals surface area contributed by atoms with Crippen LogP contribution in [-0.2, 0) is 14.9 Å². The number of carbonyl (C=O) groups is 3. The minimum Gasteiger partial charge on any atom is -0.389 e. The van der Waals surface area contributed by atoms with E-state index in [0.29, 0.717) is 16.7 Å². The number of hydrogen-bond acceptors (Lipinski definition) is 9. The molecule has 56 heavy (non-hydrogen) atoms. The molecule has 6 atom stereocenters. The molecule has 0 radical (unpaired) electrons. The van der Waals surface area contributed by atoms with E-state index in [1.54, 1.807) is 109 Å². The van der Waals surface area contributed by atoms with Crippen LogP contribution < -0.4 is 0 Å². The van der Waals surface area contributed by atoms with Gasteiger partial charge in [0.25, 0.3) is 0 Å². The normalized spacial score (nSPS) is 24.2. The fraction of sp³-hybridized carbons (Fsp3) is 0.170. The molecule has 1 aliphatic heterocycles. The fourth-order valence-electron chi connectivity index (χ4n) is 8.20. The number of aliphatic hydroxyl groups excluding tert-OH is 1. The summed E-state index contributed by atoms with van der Waals surface area (Å²) in [7, 11) is 1.08. The predicted octanol–water partition coefficient (Wildman–Crippen LogP) is 5.60. The summed E-state index contributed by atoms with van der Waals surface area (Å²) in [5, 5.41) is 53.6. The van der Waals surface area contributed by atoms with Crippen molar-refractivity contribution in [2.75, 3.05) is 7.11 Å². The molecule has 0 saturated carbocycles. The zero-order valence-electron chi connectivity index (χ0n) is 30.4. The van der Waals surface area contributed by atoms with Crippen LogP contribution in [0.25, 0.3) is 0 Å². The number of rotatable bonds is 12. The van der Waals surface area contributed by atoms with Gasteiger partial charge < -0.3 is 29.9 Å².